The zero-order valence-electron chi connectivity index (χ0n) is 13.3. The van der Waals surface area contributed by atoms with Gasteiger partial charge in [0.05, 0.1) is 6.04 Å². The molecule has 0 aliphatic rings. The first-order valence-electron chi connectivity index (χ1n) is 7.43. The van der Waals surface area contributed by atoms with Crippen LogP contribution in [0.25, 0.3) is 11.1 Å². The number of rotatable bonds is 5. The molecule has 1 aromatic carbocycles. The van der Waals surface area contributed by atoms with E-state index in [2.05, 4.69) is 10.3 Å². The van der Waals surface area contributed by atoms with Crippen molar-refractivity contribution in [3.8, 4) is 0 Å². The van der Waals surface area contributed by atoms with Crippen molar-refractivity contribution in [3.63, 3.8) is 0 Å². The third kappa shape index (κ3) is 4.73. The average Bonchev–Trinajstić information content (AvgIpc) is 2.85. The van der Waals surface area contributed by atoms with E-state index >= 15 is 0 Å². The van der Waals surface area contributed by atoms with Gasteiger partial charge in [-0.2, -0.15) is 0 Å². The predicted molar refractivity (Wildman–Crippen MR) is 84.4 cm³/mol. The zero-order valence-corrected chi connectivity index (χ0v) is 13.3. The minimum absolute atomic E-state index is 0.284. The number of nitrogens with one attached hydrogen (secondary N) is 1. The largest absolute Gasteiger partial charge is 0.444 e. The Morgan fingerprint density at radius 2 is 2.14 bits per heavy atom. The lowest BCUT2D eigenvalue weighted by molar-refractivity contribution is 0.0526. The van der Waals surface area contributed by atoms with Crippen molar-refractivity contribution in [2.75, 3.05) is 6.54 Å². The first-order valence-corrected chi connectivity index (χ1v) is 7.43. The zero-order chi connectivity index (χ0) is 16.2. The van der Waals surface area contributed by atoms with E-state index in [1.807, 2.05) is 45.0 Å². The molecule has 1 unspecified atom stereocenters. The molecular weight excluding hydrogens is 282 g/mol. The van der Waals surface area contributed by atoms with Gasteiger partial charge in [-0.15, -0.1) is 0 Å². The van der Waals surface area contributed by atoms with E-state index in [9.17, 15) is 4.79 Å². The Balaban J connectivity index is 1.76. The third-order valence-corrected chi connectivity index (χ3v) is 2.99. The molecule has 1 aromatic heterocycles. The van der Waals surface area contributed by atoms with Gasteiger partial charge in [-0.3, -0.25) is 0 Å². The van der Waals surface area contributed by atoms with Crippen molar-refractivity contribution in [2.45, 2.75) is 45.3 Å². The van der Waals surface area contributed by atoms with Crippen molar-refractivity contribution in [1.29, 1.82) is 0 Å². The van der Waals surface area contributed by atoms with Crippen LogP contribution in [0, 0.1) is 0 Å². The molecule has 1 heterocycles. The SMILES string of the molecule is CC(C)(C)OC(=O)NCCCC(N)c1nc2ccccc2o1. The summed E-state index contributed by atoms with van der Waals surface area (Å²) in [5.74, 6) is 0.526. The lowest BCUT2D eigenvalue weighted by Crippen LogP contribution is -2.33. The van der Waals surface area contributed by atoms with Crippen LogP contribution in [0.2, 0.25) is 0 Å². The van der Waals surface area contributed by atoms with Crippen LogP contribution in [0.3, 0.4) is 0 Å². The molecule has 22 heavy (non-hydrogen) atoms. The number of aromatic nitrogens is 1. The molecule has 2 rings (SSSR count). The normalized spacial score (nSPS) is 13.1. The second-order valence-corrected chi connectivity index (χ2v) is 6.20. The summed E-state index contributed by atoms with van der Waals surface area (Å²) < 4.78 is 10.8. The second-order valence-electron chi connectivity index (χ2n) is 6.20. The molecule has 2 aromatic rings. The Labute approximate surface area is 130 Å². The topological polar surface area (TPSA) is 90.4 Å². The van der Waals surface area contributed by atoms with Crippen LogP contribution >= 0.6 is 0 Å². The van der Waals surface area contributed by atoms with Gasteiger partial charge >= 0.3 is 6.09 Å². The van der Waals surface area contributed by atoms with E-state index in [1.165, 1.54) is 0 Å². The number of para-hydroxylation sites is 2. The number of benzene rings is 1. The smallest absolute Gasteiger partial charge is 0.407 e. The van der Waals surface area contributed by atoms with Crippen molar-refractivity contribution in [1.82, 2.24) is 10.3 Å². The highest BCUT2D eigenvalue weighted by Crippen LogP contribution is 2.21. The van der Waals surface area contributed by atoms with E-state index < -0.39 is 11.7 Å². The van der Waals surface area contributed by atoms with Gasteiger partial charge in [-0.25, -0.2) is 9.78 Å². The molecule has 0 saturated heterocycles. The number of oxazole rings is 1. The molecule has 1 amide bonds. The summed E-state index contributed by atoms with van der Waals surface area (Å²) in [5, 5.41) is 2.70. The van der Waals surface area contributed by atoms with Gasteiger partial charge in [0.25, 0.3) is 0 Å². The van der Waals surface area contributed by atoms with E-state index in [4.69, 9.17) is 14.9 Å². The van der Waals surface area contributed by atoms with E-state index in [0.29, 0.717) is 18.9 Å². The van der Waals surface area contributed by atoms with Gasteiger partial charge in [0.1, 0.15) is 11.1 Å². The van der Waals surface area contributed by atoms with Crippen LogP contribution in [0.15, 0.2) is 28.7 Å². The second kappa shape index (κ2) is 6.79. The Kier molecular flexibility index (Phi) is 5.03. The van der Waals surface area contributed by atoms with Crippen molar-refractivity contribution in [3.05, 3.63) is 30.2 Å². The summed E-state index contributed by atoms with van der Waals surface area (Å²) in [6, 6.07) is 7.27. The number of amides is 1. The van der Waals surface area contributed by atoms with Gasteiger partial charge < -0.3 is 20.2 Å². The third-order valence-electron chi connectivity index (χ3n) is 2.99. The lowest BCUT2D eigenvalue weighted by Gasteiger charge is -2.19. The molecule has 0 aliphatic carbocycles. The van der Waals surface area contributed by atoms with Crippen molar-refractivity contribution >= 4 is 17.2 Å². The summed E-state index contributed by atoms with van der Waals surface area (Å²) in [6.45, 7) is 5.99. The van der Waals surface area contributed by atoms with Crippen LogP contribution in [0.4, 0.5) is 4.79 Å². The Hall–Kier alpha value is -2.08. The molecule has 0 fully saturated rings. The number of carbonyl (C=O) groups excluding carboxylic acids is 1. The van der Waals surface area contributed by atoms with Gasteiger partial charge in [0.15, 0.2) is 5.58 Å². The molecule has 6 heteroatoms. The minimum Gasteiger partial charge on any atom is -0.444 e. The molecular formula is C16H23N3O3. The maximum absolute atomic E-state index is 11.5. The average molecular weight is 305 g/mol. The summed E-state index contributed by atoms with van der Waals surface area (Å²) >= 11 is 0. The van der Waals surface area contributed by atoms with E-state index in [1.54, 1.807) is 0 Å². The van der Waals surface area contributed by atoms with Gasteiger partial charge in [0, 0.05) is 6.54 Å². The predicted octanol–water partition coefficient (Wildman–Crippen LogP) is 3.13. The van der Waals surface area contributed by atoms with Crippen LogP contribution < -0.4 is 11.1 Å². The van der Waals surface area contributed by atoms with E-state index in [0.717, 1.165) is 17.5 Å². The molecule has 0 spiro atoms. The maximum atomic E-state index is 11.5. The number of alkyl carbamates (subject to hydrolysis) is 1. The van der Waals surface area contributed by atoms with Crippen LogP contribution in [-0.2, 0) is 4.74 Å². The fourth-order valence-corrected chi connectivity index (χ4v) is 2.00. The highest BCUT2D eigenvalue weighted by molar-refractivity contribution is 5.72. The molecule has 6 nitrogen and oxygen atoms in total. The Morgan fingerprint density at radius 3 is 2.82 bits per heavy atom. The van der Waals surface area contributed by atoms with Crippen LogP contribution in [0.5, 0.6) is 0 Å². The number of fused-ring (bicyclic) bond motifs is 1. The Morgan fingerprint density at radius 1 is 1.41 bits per heavy atom. The standard InChI is InChI=1S/C16H23N3O3/c1-16(2,3)22-15(20)18-10-6-7-11(17)14-19-12-8-4-5-9-13(12)21-14/h4-5,8-9,11H,6-7,10,17H2,1-3H3,(H,18,20). The van der Waals surface area contributed by atoms with Crippen molar-refractivity contribution < 1.29 is 13.9 Å². The summed E-state index contributed by atoms with van der Waals surface area (Å²) in [6.07, 6.45) is 0.977. The summed E-state index contributed by atoms with van der Waals surface area (Å²) in [5.41, 5.74) is 7.13. The molecule has 0 bridgehead atoms. The maximum Gasteiger partial charge on any atom is 0.407 e. The molecule has 3 N–H and O–H groups in total. The van der Waals surface area contributed by atoms with Gasteiger partial charge in [-0.05, 0) is 45.7 Å². The number of ether oxygens (including phenoxy) is 1. The Bertz CT molecular complexity index is 598. The minimum atomic E-state index is -0.487. The highest BCUT2D eigenvalue weighted by Gasteiger charge is 2.16. The lowest BCUT2D eigenvalue weighted by atomic mass is 10.1. The van der Waals surface area contributed by atoms with Crippen molar-refractivity contribution in [2.24, 2.45) is 5.73 Å². The molecule has 120 valence electrons. The number of hydrogen-bond donors (Lipinski definition) is 2. The molecule has 0 aliphatic heterocycles. The van der Waals surface area contributed by atoms with Crippen LogP contribution in [-0.4, -0.2) is 23.2 Å². The monoisotopic (exact) mass is 305 g/mol. The number of carbonyl (C=O) groups is 1. The molecule has 0 saturated carbocycles. The quantitative estimate of drug-likeness (QED) is 0.828. The fraction of sp³-hybridized carbons (Fsp3) is 0.500. The highest BCUT2D eigenvalue weighted by atomic mass is 16.6. The first kappa shape index (κ1) is 16.3. The number of hydrogen-bond acceptors (Lipinski definition) is 5. The van der Waals surface area contributed by atoms with Gasteiger partial charge in [-0.1, -0.05) is 12.1 Å². The number of nitrogens with zero attached hydrogens (tertiary/aromatic N) is 1. The van der Waals surface area contributed by atoms with Crippen LogP contribution in [0.1, 0.15) is 45.5 Å². The molecule has 1 atom stereocenters. The summed E-state index contributed by atoms with van der Waals surface area (Å²) in [4.78, 5) is 15.9. The number of nitrogens with two attached hydrogens (primary N) is 1. The molecule has 0 radical (unpaired) electrons. The van der Waals surface area contributed by atoms with Gasteiger partial charge in [0.2, 0.25) is 5.89 Å². The summed E-state index contributed by atoms with van der Waals surface area (Å²) in [7, 11) is 0. The fourth-order valence-electron chi connectivity index (χ4n) is 2.00. The first-order chi connectivity index (χ1) is 10.3. The van der Waals surface area contributed by atoms with E-state index in [-0.39, 0.29) is 6.04 Å².